The van der Waals surface area contributed by atoms with Crippen LogP contribution in [0, 0.1) is 6.92 Å². The molecule has 0 spiro atoms. The highest BCUT2D eigenvalue weighted by Gasteiger charge is 2.19. The first-order valence-corrected chi connectivity index (χ1v) is 6.83. The minimum atomic E-state index is 0.0447. The minimum absolute atomic E-state index is 0.0447. The van der Waals surface area contributed by atoms with Gasteiger partial charge in [0.2, 0.25) is 5.78 Å². The monoisotopic (exact) mass is 271 g/mol. The number of hydrogen-bond acceptors (Lipinski definition) is 3. The van der Waals surface area contributed by atoms with E-state index >= 15 is 0 Å². The van der Waals surface area contributed by atoms with Crippen LogP contribution in [0.25, 0.3) is 10.9 Å². The van der Waals surface area contributed by atoms with Crippen molar-refractivity contribution in [2.45, 2.75) is 6.92 Å². The molecule has 0 amide bonds. The molecule has 0 aliphatic carbocycles. The van der Waals surface area contributed by atoms with Crippen LogP contribution in [-0.4, -0.2) is 17.9 Å². The van der Waals surface area contributed by atoms with Gasteiger partial charge in [-0.15, -0.1) is 11.3 Å². The lowest BCUT2D eigenvalue weighted by molar-refractivity contribution is 0.104. The number of H-pyrrole nitrogens is 1. The lowest BCUT2D eigenvalue weighted by Crippen LogP contribution is -2.00. The Morgan fingerprint density at radius 3 is 2.84 bits per heavy atom. The number of aryl methyl sites for hydroxylation is 1. The number of fused-ring (bicyclic) bond motifs is 1. The molecule has 0 saturated heterocycles. The summed E-state index contributed by atoms with van der Waals surface area (Å²) in [5.41, 5.74) is 2.59. The van der Waals surface area contributed by atoms with E-state index in [-0.39, 0.29) is 5.78 Å². The van der Waals surface area contributed by atoms with Crippen LogP contribution in [0.3, 0.4) is 0 Å². The van der Waals surface area contributed by atoms with E-state index in [0.717, 1.165) is 27.1 Å². The summed E-state index contributed by atoms with van der Waals surface area (Å²) < 4.78 is 5.36. The van der Waals surface area contributed by atoms with Crippen molar-refractivity contribution in [3.8, 4) is 5.75 Å². The van der Waals surface area contributed by atoms with Crippen molar-refractivity contribution in [3.05, 3.63) is 51.8 Å². The van der Waals surface area contributed by atoms with Gasteiger partial charge < -0.3 is 9.72 Å². The molecule has 1 N–H and O–H groups in total. The number of thiophene rings is 1. The number of nitrogens with one attached hydrogen (secondary N) is 1. The number of ketones is 1. The summed E-state index contributed by atoms with van der Waals surface area (Å²) in [5, 5.41) is 2.79. The zero-order valence-corrected chi connectivity index (χ0v) is 11.5. The van der Waals surface area contributed by atoms with Gasteiger partial charge in [0.1, 0.15) is 5.75 Å². The molecular formula is C15H13NO2S. The fraction of sp³-hybridized carbons (Fsp3) is 0.133. The normalized spacial score (nSPS) is 10.8. The molecule has 1 aromatic carbocycles. The summed E-state index contributed by atoms with van der Waals surface area (Å²) in [6.45, 7) is 1.95. The second-order valence-corrected chi connectivity index (χ2v) is 5.26. The minimum Gasteiger partial charge on any atom is -0.496 e. The van der Waals surface area contributed by atoms with Gasteiger partial charge >= 0.3 is 0 Å². The molecule has 96 valence electrons. The maximum absolute atomic E-state index is 12.6. The van der Waals surface area contributed by atoms with Gasteiger partial charge in [0.15, 0.2) is 0 Å². The van der Waals surface area contributed by atoms with Crippen molar-refractivity contribution in [3.63, 3.8) is 0 Å². The third-order valence-corrected chi connectivity index (χ3v) is 4.22. The number of methoxy groups -OCH3 is 1. The van der Waals surface area contributed by atoms with Gasteiger partial charge in [-0.1, -0.05) is 6.07 Å². The lowest BCUT2D eigenvalue weighted by Gasteiger charge is -2.04. The van der Waals surface area contributed by atoms with Crippen LogP contribution in [0.2, 0.25) is 0 Å². The fourth-order valence-corrected chi connectivity index (χ4v) is 3.11. The average molecular weight is 271 g/mol. The molecule has 0 bridgehead atoms. The van der Waals surface area contributed by atoms with Gasteiger partial charge in [0.25, 0.3) is 0 Å². The molecule has 0 saturated carbocycles. The lowest BCUT2D eigenvalue weighted by atomic mass is 10.1. The maximum atomic E-state index is 12.6. The Balaban J connectivity index is 2.21. The quantitative estimate of drug-likeness (QED) is 0.737. The Kier molecular flexibility index (Phi) is 2.87. The van der Waals surface area contributed by atoms with E-state index in [2.05, 4.69) is 4.98 Å². The van der Waals surface area contributed by atoms with Gasteiger partial charge in [-0.3, -0.25) is 4.79 Å². The van der Waals surface area contributed by atoms with Crippen molar-refractivity contribution in [2.24, 2.45) is 0 Å². The summed E-state index contributed by atoms with van der Waals surface area (Å²) in [6, 6.07) is 7.68. The Labute approximate surface area is 114 Å². The molecule has 0 fully saturated rings. The first-order chi connectivity index (χ1) is 9.22. The predicted octanol–water partition coefficient (Wildman–Crippen LogP) is 3.78. The van der Waals surface area contributed by atoms with E-state index in [4.69, 9.17) is 4.74 Å². The first-order valence-electron chi connectivity index (χ1n) is 5.95. The summed E-state index contributed by atoms with van der Waals surface area (Å²) >= 11 is 1.47. The number of aromatic nitrogens is 1. The zero-order valence-electron chi connectivity index (χ0n) is 10.7. The van der Waals surface area contributed by atoms with Gasteiger partial charge in [-0.2, -0.15) is 0 Å². The number of benzene rings is 1. The third kappa shape index (κ3) is 1.85. The van der Waals surface area contributed by atoms with Crippen LogP contribution in [-0.2, 0) is 0 Å². The van der Waals surface area contributed by atoms with Gasteiger partial charge in [0, 0.05) is 11.7 Å². The summed E-state index contributed by atoms with van der Waals surface area (Å²) in [5.74, 6) is 0.763. The molecule has 4 heteroatoms. The number of carbonyl (C=O) groups is 1. The van der Waals surface area contributed by atoms with Crippen LogP contribution < -0.4 is 4.74 Å². The molecule has 0 aliphatic heterocycles. The Morgan fingerprint density at radius 1 is 1.32 bits per heavy atom. The van der Waals surface area contributed by atoms with E-state index in [9.17, 15) is 4.79 Å². The molecule has 3 nitrogen and oxygen atoms in total. The van der Waals surface area contributed by atoms with Crippen molar-refractivity contribution < 1.29 is 9.53 Å². The van der Waals surface area contributed by atoms with Crippen LogP contribution in [0.1, 0.15) is 20.8 Å². The largest absolute Gasteiger partial charge is 0.496 e. The summed E-state index contributed by atoms with van der Waals surface area (Å²) in [7, 11) is 1.62. The van der Waals surface area contributed by atoms with Crippen LogP contribution in [0.5, 0.6) is 5.75 Å². The van der Waals surface area contributed by atoms with E-state index < -0.39 is 0 Å². The van der Waals surface area contributed by atoms with Crippen molar-refractivity contribution in [1.29, 1.82) is 0 Å². The SMILES string of the molecule is COc1cccc2[nH]cc(C(=O)c3sccc3C)c12. The standard InChI is InChI=1S/C15H13NO2S/c1-9-6-7-19-15(9)14(17)10-8-16-11-4-3-5-12(18-2)13(10)11/h3-8,16H,1-2H3. The summed E-state index contributed by atoms with van der Waals surface area (Å²) in [4.78, 5) is 16.5. The maximum Gasteiger partial charge on any atom is 0.205 e. The van der Waals surface area contributed by atoms with Gasteiger partial charge in [-0.05, 0) is 36.1 Å². The number of rotatable bonds is 3. The summed E-state index contributed by atoms with van der Waals surface area (Å²) in [6.07, 6.45) is 1.76. The molecule has 0 radical (unpaired) electrons. The van der Waals surface area contributed by atoms with Crippen molar-refractivity contribution in [2.75, 3.05) is 7.11 Å². The van der Waals surface area contributed by atoms with E-state index in [1.807, 2.05) is 36.6 Å². The molecule has 0 atom stereocenters. The van der Waals surface area contributed by atoms with Crippen LogP contribution >= 0.6 is 11.3 Å². The molecule has 3 rings (SSSR count). The van der Waals surface area contributed by atoms with E-state index in [1.165, 1.54) is 11.3 Å². The molecule has 2 heterocycles. The Bertz CT molecular complexity index is 754. The molecule has 3 aromatic rings. The van der Waals surface area contributed by atoms with E-state index in [0.29, 0.717) is 5.56 Å². The predicted molar refractivity (Wildman–Crippen MR) is 77.3 cm³/mol. The highest BCUT2D eigenvalue weighted by molar-refractivity contribution is 7.12. The Morgan fingerprint density at radius 2 is 2.16 bits per heavy atom. The second kappa shape index (κ2) is 4.55. The number of carbonyl (C=O) groups excluding carboxylic acids is 1. The van der Waals surface area contributed by atoms with Crippen molar-refractivity contribution >= 4 is 28.0 Å². The molecule has 19 heavy (non-hydrogen) atoms. The van der Waals surface area contributed by atoms with Crippen molar-refractivity contribution in [1.82, 2.24) is 4.98 Å². The Hall–Kier alpha value is -2.07. The van der Waals surface area contributed by atoms with Gasteiger partial charge in [-0.25, -0.2) is 0 Å². The number of ether oxygens (including phenoxy) is 1. The zero-order chi connectivity index (χ0) is 13.4. The van der Waals surface area contributed by atoms with Crippen LogP contribution in [0.4, 0.5) is 0 Å². The third-order valence-electron chi connectivity index (χ3n) is 3.20. The first kappa shape index (κ1) is 12.0. The molecule has 0 aliphatic rings. The highest BCUT2D eigenvalue weighted by atomic mass is 32.1. The van der Waals surface area contributed by atoms with Crippen LogP contribution in [0.15, 0.2) is 35.8 Å². The topological polar surface area (TPSA) is 42.1 Å². The molecular weight excluding hydrogens is 258 g/mol. The fourth-order valence-electron chi connectivity index (χ4n) is 2.23. The smallest absolute Gasteiger partial charge is 0.205 e. The molecule has 0 unspecified atom stereocenters. The highest BCUT2D eigenvalue weighted by Crippen LogP contribution is 2.31. The van der Waals surface area contributed by atoms with Gasteiger partial charge in [0.05, 0.1) is 22.9 Å². The van der Waals surface area contributed by atoms with E-state index in [1.54, 1.807) is 13.3 Å². The molecule has 2 aromatic heterocycles. The average Bonchev–Trinajstić information content (AvgIpc) is 3.03. The second-order valence-electron chi connectivity index (χ2n) is 4.35. The number of hydrogen-bond donors (Lipinski definition) is 1. The number of aromatic amines is 1.